The first-order valence-electron chi connectivity index (χ1n) is 10.4. The minimum Gasteiger partial charge on any atom is -0.501 e. The number of Topliss-reactive ketones (excluding diaryl/α,β-unsaturated/α-hetero) is 1. The maximum absolute atomic E-state index is 13.3. The number of nitrogens with zero attached hydrogens (tertiary/aromatic N) is 2. The van der Waals surface area contributed by atoms with Gasteiger partial charge < -0.3 is 9.64 Å². The van der Waals surface area contributed by atoms with Crippen LogP contribution in [0.25, 0.3) is 0 Å². The Kier molecular flexibility index (Phi) is 7.82. The van der Waals surface area contributed by atoms with Gasteiger partial charge in [0.1, 0.15) is 5.54 Å². The Bertz CT molecular complexity index is 716. The second kappa shape index (κ2) is 9.90. The molecular formula is C23H34N2O4. The molecule has 0 aromatic rings. The molecular weight excluding hydrogens is 368 g/mol. The Hall–Kier alpha value is -2.37. The Balaban J connectivity index is 2.13. The highest BCUT2D eigenvalue weighted by molar-refractivity contribution is 6.10. The molecule has 1 atom stereocenters. The molecule has 0 spiro atoms. The van der Waals surface area contributed by atoms with E-state index in [2.05, 4.69) is 6.58 Å². The van der Waals surface area contributed by atoms with Gasteiger partial charge in [-0.05, 0) is 44.3 Å². The number of hydrogen-bond acceptors (Lipinski definition) is 4. The van der Waals surface area contributed by atoms with E-state index < -0.39 is 5.54 Å². The maximum atomic E-state index is 13.3. The Morgan fingerprint density at radius 3 is 2.41 bits per heavy atom. The number of imide groups is 1. The van der Waals surface area contributed by atoms with Crippen molar-refractivity contribution in [2.75, 3.05) is 20.7 Å². The van der Waals surface area contributed by atoms with Gasteiger partial charge in [-0.25, -0.2) is 4.79 Å². The van der Waals surface area contributed by atoms with Crippen molar-refractivity contribution in [3.05, 3.63) is 36.1 Å². The van der Waals surface area contributed by atoms with Crippen LogP contribution in [0.2, 0.25) is 0 Å². The molecule has 0 aromatic carbocycles. The van der Waals surface area contributed by atoms with Crippen LogP contribution in [-0.4, -0.2) is 53.8 Å². The van der Waals surface area contributed by atoms with Crippen LogP contribution >= 0.6 is 0 Å². The highest BCUT2D eigenvalue weighted by Crippen LogP contribution is 2.40. The number of likely N-dealkylation sites (N-methyl/N-ethyl adjacent to an activating group) is 1. The molecule has 6 heteroatoms. The van der Waals surface area contributed by atoms with Gasteiger partial charge in [0, 0.05) is 13.5 Å². The van der Waals surface area contributed by atoms with E-state index in [9.17, 15) is 14.4 Å². The molecule has 160 valence electrons. The van der Waals surface area contributed by atoms with Crippen LogP contribution < -0.4 is 0 Å². The van der Waals surface area contributed by atoms with E-state index in [1.54, 1.807) is 44.2 Å². The summed E-state index contributed by atoms with van der Waals surface area (Å²) in [6.45, 7) is 6.97. The van der Waals surface area contributed by atoms with E-state index in [1.807, 2.05) is 6.92 Å². The molecule has 1 heterocycles. The predicted octanol–water partition coefficient (Wildman–Crippen LogP) is 4.23. The van der Waals surface area contributed by atoms with Crippen LogP contribution in [0.5, 0.6) is 0 Å². The molecule has 1 saturated heterocycles. The van der Waals surface area contributed by atoms with E-state index in [4.69, 9.17) is 4.74 Å². The van der Waals surface area contributed by atoms with Crippen molar-refractivity contribution in [3.8, 4) is 0 Å². The SMILES string of the molecule is C=C/C=C(\C/C=C(\C)C(=O)CN1C(=O)N(C)C(C)(C2CCCCCC2)C1=O)OC. The molecule has 3 amide bonds. The number of urea groups is 1. The van der Waals surface area contributed by atoms with Crippen molar-refractivity contribution in [1.82, 2.24) is 9.80 Å². The van der Waals surface area contributed by atoms with Gasteiger partial charge >= 0.3 is 6.03 Å². The van der Waals surface area contributed by atoms with Crippen LogP contribution in [0, 0.1) is 5.92 Å². The minimum absolute atomic E-state index is 0.136. The van der Waals surface area contributed by atoms with Crippen molar-refractivity contribution in [2.45, 2.75) is 64.3 Å². The molecule has 0 bridgehead atoms. The third kappa shape index (κ3) is 4.80. The lowest BCUT2D eigenvalue weighted by Gasteiger charge is -2.36. The highest BCUT2D eigenvalue weighted by atomic mass is 16.5. The van der Waals surface area contributed by atoms with Crippen molar-refractivity contribution >= 4 is 17.7 Å². The molecule has 0 aromatic heterocycles. The molecule has 2 fully saturated rings. The lowest BCUT2D eigenvalue weighted by Crippen LogP contribution is -2.51. The summed E-state index contributed by atoms with van der Waals surface area (Å²) >= 11 is 0. The number of carbonyl (C=O) groups is 3. The van der Waals surface area contributed by atoms with E-state index in [1.165, 1.54) is 12.8 Å². The summed E-state index contributed by atoms with van der Waals surface area (Å²) in [5.41, 5.74) is -0.363. The molecule has 6 nitrogen and oxygen atoms in total. The van der Waals surface area contributed by atoms with Crippen LogP contribution in [0.3, 0.4) is 0 Å². The number of methoxy groups -OCH3 is 1. The van der Waals surface area contributed by atoms with Gasteiger partial charge in [-0.1, -0.05) is 44.4 Å². The average molecular weight is 403 g/mol. The predicted molar refractivity (Wildman–Crippen MR) is 113 cm³/mol. The second-order valence-electron chi connectivity index (χ2n) is 8.16. The summed E-state index contributed by atoms with van der Waals surface area (Å²) in [4.78, 5) is 41.5. The zero-order valence-electron chi connectivity index (χ0n) is 18.2. The van der Waals surface area contributed by atoms with Crippen molar-refractivity contribution < 1.29 is 19.1 Å². The first-order chi connectivity index (χ1) is 13.8. The normalized spacial score (nSPS) is 24.7. The number of rotatable bonds is 8. The molecule has 1 aliphatic heterocycles. The summed E-state index contributed by atoms with van der Waals surface area (Å²) in [6.07, 6.45) is 11.9. The lowest BCUT2D eigenvalue weighted by molar-refractivity contribution is -0.136. The fourth-order valence-corrected chi connectivity index (χ4v) is 4.30. The smallest absolute Gasteiger partial charge is 0.327 e. The first-order valence-corrected chi connectivity index (χ1v) is 10.4. The summed E-state index contributed by atoms with van der Waals surface area (Å²) < 4.78 is 5.22. The molecule has 0 N–H and O–H groups in total. The Morgan fingerprint density at radius 2 is 1.86 bits per heavy atom. The first kappa shape index (κ1) is 22.9. The zero-order valence-corrected chi connectivity index (χ0v) is 18.2. The third-order valence-electron chi connectivity index (χ3n) is 6.46. The fourth-order valence-electron chi connectivity index (χ4n) is 4.30. The monoisotopic (exact) mass is 402 g/mol. The van der Waals surface area contributed by atoms with Gasteiger partial charge in [-0.15, -0.1) is 0 Å². The third-order valence-corrected chi connectivity index (χ3v) is 6.46. The van der Waals surface area contributed by atoms with Crippen LogP contribution in [0.15, 0.2) is 36.1 Å². The number of allylic oxidation sites excluding steroid dienone is 3. The second-order valence-corrected chi connectivity index (χ2v) is 8.16. The molecule has 29 heavy (non-hydrogen) atoms. The largest absolute Gasteiger partial charge is 0.501 e. The van der Waals surface area contributed by atoms with Gasteiger partial charge in [0.2, 0.25) is 0 Å². The average Bonchev–Trinajstić information content (AvgIpc) is 2.95. The molecule has 1 aliphatic carbocycles. The van der Waals surface area contributed by atoms with Gasteiger partial charge in [0.15, 0.2) is 5.78 Å². The van der Waals surface area contributed by atoms with E-state index in [0.717, 1.165) is 30.6 Å². The molecule has 2 rings (SSSR count). The van der Waals surface area contributed by atoms with Crippen molar-refractivity contribution in [1.29, 1.82) is 0 Å². The summed E-state index contributed by atoms with van der Waals surface area (Å²) in [5, 5.41) is 0. The Labute approximate surface area is 174 Å². The van der Waals surface area contributed by atoms with Crippen LogP contribution in [0.4, 0.5) is 4.79 Å². The van der Waals surface area contributed by atoms with Crippen LogP contribution in [0.1, 0.15) is 58.8 Å². The topological polar surface area (TPSA) is 66.9 Å². The highest BCUT2D eigenvalue weighted by Gasteiger charge is 2.56. The van der Waals surface area contributed by atoms with E-state index in [-0.39, 0.29) is 30.2 Å². The molecule has 1 saturated carbocycles. The van der Waals surface area contributed by atoms with Gasteiger partial charge in [0.25, 0.3) is 5.91 Å². The lowest BCUT2D eigenvalue weighted by atomic mass is 9.79. The summed E-state index contributed by atoms with van der Waals surface area (Å²) in [7, 11) is 3.25. The number of amides is 3. The van der Waals surface area contributed by atoms with Crippen molar-refractivity contribution in [2.24, 2.45) is 5.92 Å². The molecule has 0 radical (unpaired) electrons. The van der Waals surface area contributed by atoms with E-state index >= 15 is 0 Å². The van der Waals surface area contributed by atoms with Gasteiger partial charge in [-0.2, -0.15) is 0 Å². The zero-order chi connectivity index (χ0) is 21.6. The van der Waals surface area contributed by atoms with Gasteiger partial charge in [-0.3, -0.25) is 14.5 Å². The quantitative estimate of drug-likeness (QED) is 0.200. The maximum Gasteiger partial charge on any atom is 0.327 e. The van der Waals surface area contributed by atoms with Crippen molar-refractivity contribution in [3.63, 3.8) is 0 Å². The number of ether oxygens (including phenoxy) is 1. The standard InChI is InChI=1S/C23H34N2O4/c1-6-11-19(29-5)15-14-17(2)20(26)16-25-21(27)23(3,24(4)22(25)28)18-12-9-7-8-10-13-18/h6,11,14,18H,1,7-10,12-13,15-16H2,2-5H3/b17-14+,19-11+. The molecule has 1 unspecified atom stereocenters. The number of hydrogen-bond donors (Lipinski definition) is 0. The van der Waals surface area contributed by atoms with E-state index in [0.29, 0.717) is 17.8 Å². The minimum atomic E-state index is -0.866. The fraction of sp³-hybridized carbons (Fsp3) is 0.609. The van der Waals surface area contributed by atoms with Gasteiger partial charge in [0.05, 0.1) is 19.4 Å². The number of carbonyl (C=O) groups excluding carboxylic acids is 3. The number of ketones is 1. The molecule has 2 aliphatic rings. The van der Waals surface area contributed by atoms with Crippen LogP contribution in [-0.2, 0) is 14.3 Å². The summed E-state index contributed by atoms with van der Waals surface area (Å²) in [6, 6.07) is -0.382. The Morgan fingerprint density at radius 1 is 1.24 bits per heavy atom. The summed E-state index contributed by atoms with van der Waals surface area (Å²) in [5.74, 6) is 0.332.